The second-order valence-electron chi connectivity index (χ2n) is 4.26. The molecule has 20 heavy (non-hydrogen) atoms. The van der Waals surface area contributed by atoms with Crippen LogP contribution in [0.25, 0.3) is 0 Å². The Kier molecular flexibility index (Phi) is 5.56. The van der Waals surface area contributed by atoms with Crippen LogP contribution < -0.4 is 5.32 Å². The van der Waals surface area contributed by atoms with Gasteiger partial charge >= 0.3 is 0 Å². The summed E-state index contributed by atoms with van der Waals surface area (Å²) >= 11 is 3.20. The Hall–Kier alpha value is -1.39. The fraction of sp³-hybridized carbons (Fsp3) is 0.188. The monoisotopic (exact) mass is 303 g/mol. The van der Waals surface area contributed by atoms with E-state index in [2.05, 4.69) is 5.32 Å². The van der Waals surface area contributed by atoms with Crippen LogP contribution in [0.2, 0.25) is 0 Å². The standard InChI is InChI=1S/C16H17NOS2/c1-12(20-13-8-4-3-5-9-13)16(18)17-14-10-6-7-11-15(14)19-2/h3-12H,1-2H3,(H,17,18). The van der Waals surface area contributed by atoms with Gasteiger partial charge in [-0.1, -0.05) is 30.3 Å². The van der Waals surface area contributed by atoms with Crippen molar-refractivity contribution in [1.82, 2.24) is 0 Å². The molecule has 0 fully saturated rings. The molecule has 4 heteroatoms. The van der Waals surface area contributed by atoms with Crippen LogP contribution in [0.1, 0.15) is 6.92 Å². The van der Waals surface area contributed by atoms with Crippen molar-refractivity contribution >= 4 is 35.1 Å². The summed E-state index contributed by atoms with van der Waals surface area (Å²) in [6.07, 6.45) is 2.01. The molecular formula is C16H17NOS2. The van der Waals surface area contributed by atoms with Crippen molar-refractivity contribution in [3.8, 4) is 0 Å². The third-order valence-corrected chi connectivity index (χ3v) is 4.70. The Balaban J connectivity index is 2.01. The molecular weight excluding hydrogens is 286 g/mol. The van der Waals surface area contributed by atoms with Gasteiger partial charge in [0.05, 0.1) is 10.9 Å². The number of para-hydroxylation sites is 1. The molecule has 0 bridgehead atoms. The van der Waals surface area contributed by atoms with Crippen molar-refractivity contribution in [2.24, 2.45) is 0 Å². The number of carbonyl (C=O) groups excluding carboxylic acids is 1. The SMILES string of the molecule is CSc1ccccc1NC(=O)C(C)Sc1ccccc1. The Morgan fingerprint density at radius 2 is 1.70 bits per heavy atom. The lowest BCUT2D eigenvalue weighted by Crippen LogP contribution is -2.22. The van der Waals surface area contributed by atoms with Crippen LogP contribution in [0.3, 0.4) is 0 Å². The van der Waals surface area contributed by atoms with E-state index in [9.17, 15) is 4.79 Å². The molecule has 2 aromatic carbocycles. The van der Waals surface area contributed by atoms with Crippen LogP contribution in [-0.4, -0.2) is 17.4 Å². The van der Waals surface area contributed by atoms with E-state index in [1.165, 1.54) is 0 Å². The molecule has 2 aromatic rings. The van der Waals surface area contributed by atoms with Crippen molar-refractivity contribution < 1.29 is 4.79 Å². The largest absolute Gasteiger partial charge is 0.324 e. The molecule has 1 amide bonds. The third kappa shape index (κ3) is 4.05. The third-order valence-electron chi connectivity index (χ3n) is 2.79. The highest BCUT2D eigenvalue weighted by molar-refractivity contribution is 8.00. The number of carbonyl (C=O) groups is 1. The summed E-state index contributed by atoms with van der Waals surface area (Å²) in [5.41, 5.74) is 0.880. The molecule has 0 saturated heterocycles. The van der Waals surface area contributed by atoms with E-state index in [-0.39, 0.29) is 11.2 Å². The first kappa shape index (κ1) is 15.0. The van der Waals surface area contributed by atoms with Crippen LogP contribution in [0.5, 0.6) is 0 Å². The van der Waals surface area contributed by atoms with Gasteiger partial charge < -0.3 is 5.32 Å². The second kappa shape index (κ2) is 7.41. The lowest BCUT2D eigenvalue weighted by atomic mass is 10.3. The Morgan fingerprint density at radius 3 is 2.40 bits per heavy atom. The maximum atomic E-state index is 12.2. The molecule has 2 nitrogen and oxygen atoms in total. The second-order valence-corrected chi connectivity index (χ2v) is 6.52. The molecule has 1 N–H and O–H groups in total. The molecule has 104 valence electrons. The average molecular weight is 303 g/mol. The molecule has 0 aliphatic rings. The van der Waals surface area contributed by atoms with Gasteiger partial charge in [-0.3, -0.25) is 4.79 Å². The van der Waals surface area contributed by atoms with Crippen molar-refractivity contribution in [2.75, 3.05) is 11.6 Å². The van der Waals surface area contributed by atoms with Crippen molar-refractivity contribution in [3.05, 3.63) is 54.6 Å². The number of anilines is 1. The normalized spacial score (nSPS) is 11.9. The number of amides is 1. The first-order valence-electron chi connectivity index (χ1n) is 6.36. The zero-order valence-electron chi connectivity index (χ0n) is 11.5. The number of rotatable bonds is 5. The minimum Gasteiger partial charge on any atom is -0.324 e. The summed E-state index contributed by atoms with van der Waals surface area (Å²) < 4.78 is 0. The van der Waals surface area contributed by atoms with Gasteiger partial charge in [0, 0.05) is 9.79 Å². The minimum absolute atomic E-state index is 0.0281. The number of thioether (sulfide) groups is 2. The first-order valence-corrected chi connectivity index (χ1v) is 8.46. The number of hydrogen-bond acceptors (Lipinski definition) is 3. The van der Waals surface area contributed by atoms with E-state index in [1.807, 2.05) is 67.8 Å². The Morgan fingerprint density at radius 1 is 1.05 bits per heavy atom. The molecule has 2 rings (SSSR count). The maximum Gasteiger partial charge on any atom is 0.237 e. The van der Waals surface area contributed by atoms with Crippen LogP contribution in [0.15, 0.2) is 64.4 Å². The average Bonchev–Trinajstić information content (AvgIpc) is 2.48. The topological polar surface area (TPSA) is 29.1 Å². The highest BCUT2D eigenvalue weighted by Gasteiger charge is 2.15. The van der Waals surface area contributed by atoms with Crippen molar-refractivity contribution in [2.45, 2.75) is 22.0 Å². The summed E-state index contributed by atoms with van der Waals surface area (Å²) in [5, 5.41) is 2.87. The smallest absolute Gasteiger partial charge is 0.237 e. The van der Waals surface area contributed by atoms with E-state index in [0.29, 0.717) is 0 Å². The van der Waals surface area contributed by atoms with Crippen LogP contribution in [0, 0.1) is 0 Å². The van der Waals surface area contributed by atoms with Crippen LogP contribution >= 0.6 is 23.5 Å². The molecule has 0 heterocycles. The van der Waals surface area contributed by atoms with E-state index < -0.39 is 0 Å². The molecule has 0 aromatic heterocycles. The number of hydrogen-bond donors (Lipinski definition) is 1. The zero-order chi connectivity index (χ0) is 14.4. The fourth-order valence-electron chi connectivity index (χ4n) is 1.74. The number of benzene rings is 2. The molecule has 0 spiro atoms. The molecule has 0 saturated carbocycles. The van der Waals surface area contributed by atoms with Gasteiger partial charge in [0.25, 0.3) is 0 Å². The molecule has 1 unspecified atom stereocenters. The molecule has 0 aliphatic carbocycles. The molecule has 0 radical (unpaired) electrons. The van der Waals surface area contributed by atoms with Crippen LogP contribution in [-0.2, 0) is 4.79 Å². The van der Waals surface area contributed by atoms with Gasteiger partial charge in [-0.2, -0.15) is 0 Å². The maximum absolute atomic E-state index is 12.2. The van der Waals surface area contributed by atoms with E-state index in [1.54, 1.807) is 23.5 Å². The highest BCUT2D eigenvalue weighted by atomic mass is 32.2. The predicted molar refractivity (Wildman–Crippen MR) is 88.6 cm³/mol. The minimum atomic E-state index is -0.132. The molecule has 0 aliphatic heterocycles. The first-order chi connectivity index (χ1) is 9.70. The van der Waals surface area contributed by atoms with Gasteiger partial charge in [0.1, 0.15) is 0 Å². The van der Waals surface area contributed by atoms with Gasteiger partial charge in [-0.15, -0.1) is 23.5 Å². The summed E-state index contributed by atoms with van der Waals surface area (Å²) in [7, 11) is 0. The van der Waals surface area contributed by atoms with Gasteiger partial charge in [-0.05, 0) is 37.4 Å². The summed E-state index contributed by atoms with van der Waals surface area (Å²) in [5.74, 6) is 0.0281. The lowest BCUT2D eigenvalue weighted by molar-refractivity contribution is -0.115. The van der Waals surface area contributed by atoms with Gasteiger partial charge in [0.15, 0.2) is 0 Å². The summed E-state index contributed by atoms with van der Waals surface area (Å²) in [6, 6.07) is 17.8. The van der Waals surface area contributed by atoms with Crippen molar-refractivity contribution in [3.63, 3.8) is 0 Å². The Labute approximate surface area is 128 Å². The van der Waals surface area contributed by atoms with E-state index >= 15 is 0 Å². The predicted octanol–water partition coefficient (Wildman–Crippen LogP) is 4.53. The van der Waals surface area contributed by atoms with E-state index in [0.717, 1.165) is 15.5 Å². The van der Waals surface area contributed by atoms with E-state index in [4.69, 9.17) is 0 Å². The summed E-state index contributed by atoms with van der Waals surface area (Å²) in [6.45, 7) is 1.93. The molecule has 1 atom stereocenters. The Bertz CT molecular complexity index is 572. The lowest BCUT2D eigenvalue weighted by Gasteiger charge is -2.13. The summed E-state index contributed by atoms with van der Waals surface area (Å²) in [4.78, 5) is 14.4. The van der Waals surface area contributed by atoms with Crippen LogP contribution in [0.4, 0.5) is 5.69 Å². The highest BCUT2D eigenvalue weighted by Crippen LogP contribution is 2.27. The fourth-order valence-corrected chi connectivity index (χ4v) is 3.18. The number of nitrogens with one attached hydrogen (secondary N) is 1. The van der Waals surface area contributed by atoms with Gasteiger partial charge in [-0.25, -0.2) is 0 Å². The van der Waals surface area contributed by atoms with Gasteiger partial charge in [0.2, 0.25) is 5.91 Å². The van der Waals surface area contributed by atoms with Crippen molar-refractivity contribution in [1.29, 1.82) is 0 Å². The zero-order valence-corrected chi connectivity index (χ0v) is 13.1. The quantitative estimate of drug-likeness (QED) is 0.823.